The highest BCUT2D eigenvalue weighted by atomic mass is 35.5. The quantitative estimate of drug-likeness (QED) is 0.862. The zero-order chi connectivity index (χ0) is 13.8. The Morgan fingerprint density at radius 3 is 2.84 bits per heavy atom. The minimum absolute atomic E-state index is 0.184. The summed E-state index contributed by atoms with van der Waals surface area (Å²) in [6.45, 7) is 1.33. The number of aryl methyl sites for hydroxylation is 1. The number of hydrogen-bond donors (Lipinski definition) is 1. The molecule has 0 bridgehead atoms. The summed E-state index contributed by atoms with van der Waals surface area (Å²) >= 11 is 11.8. The van der Waals surface area contributed by atoms with Crippen molar-refractivity contribution >= 4 is 29.1 Å². The molecule has 0 aliphatic heterocycles. The molecule has 19 heavy (non-hydrogen) atoms. The first-order valence-electron chi connectivity index (χ1n) is 5.86. The monoisotopic (exact) mass is 300 g/mol. The molecular weight excluding hydrogens is 287 g/mol. The van der Waals surface area contributed by atoms with Crippen LogP contribution in [-0.4, -0.2) is 26.8 Å². The van der Waals surface area contributed by atoms with Crippen LogP contribution in [0.15, 0.2) is 24.5 Å². The highest BCUT2D eigenvalue weighted by Gasteiger charge is 2.14. The summed E-state index contributed by atoms with van der Waals surface area (Å²) in [5.74, 6) is -0.184. The largest absolute Gasteiger partial charge is 0.351 e. The topological polar surface area (TPSA) is 51.9 Å². The Balaban J connectivity index is 1.82. The van der Waals surface area contributed by atoms with Gasteiger partial charge < -0.3 is 9.88 Å². The van der Waals surface area contributed by atoms with Gasteiger partial charge in [0.15, 0.2) is 0 Å². The van der Waals surface area contributed by atoms with Crippen molar-refractivity contribution in [2.24, 2.45) is 7.05 Å². The first-order chi connectivity index (χ1) is 9.09. The fourth-order valence-corrected chi connectivity index (χ4v) is 2.10. The number of rotatable bonds is 5. The molecule has 2 rings (SSSR count). The van der Waals surface area contributed by atoms with Crippen LogP contribution in [-0.2, 0) is 13.6 Å². The zero-order valence-corrected chi connectivity index (χ0v) is 11.9. The third kappa shape index (κ3) is 3.30. The van der Waals surface area contributed by atoms with Crippen LogP contribution in [0.4, 0.5) is 0 Å². The van der Waals surface area contributed by atoms with Crippen LogP contribution >= 0.6 is 23.2 Å². The fourth-order valence-electron chi connectivity index (χ4n) is 1.73. The predicted octanol–water partition coefficient (Wildman–Crippen LogP) is 2.35. The minimum atomic E-state index is -0.184. The summed E-state index contributed by atoms with van der Waals surface area (Å²) in [5, 5.41) is 7.65. The number of carbonyl (C=O) groups excluding carboxylic acids is 1. The number of halogens is 2. The second kappa shape index (κ2) is 6.12. The van der Waals surface area contributed by atoms with Crippen LogP contribution in [0.25, 0.3) is 0 Å². The first kappa shape index (κ1) is 14.0. The molecule has 0 radical (unpaired) electrons. The Labute approximate surface area is 121 Å². The van der Waals surface area contributed by atoms with E-state index in [1.807, 2.05) is 16.9 Å². The summed E-state index contributed by atoms with van der Waals surface area (Å²) in [6.07, 6.45) is 4.42. The van der Waals surface area contributed by atoms with Crippen molar-refractivity contribution in [2.75, 3.05) is 6.54 Å². The molecule has 0 spiro atoms. The lowest BCUT2D eigenvalue weighted by molar-refractivity contribution is 0.0944. The number of nitrogens with zero attached hydrogens (tertiary/aromatic N) is 3. The van der Waals surface area contributed by atoms with Gasteiger partial charge in [-0.15, -0.1) is 0 Å². The predicted molar refractivity (Wildman–Crippen MR) is 74.6 cm³/mol. The van der Waals surface area contributed by atoms with Gasteiger partial charge in [-0.1, -0.05) is 23.2 Å². The lowest BCUT2D eigenvalue weighted by Gasteiger charge is -2.06. The average molecular weight is 301 g/mol. The van der Waals surface area contributed by atoms with Crippen LogP contribution in [0.3, 0.4) is 0 Å². The number of hydrogen-bond acceptors (Lipinski definition) is 2. The van der Waals surface area contributed by atoms with E-state index >= 15 is 0 Å². The third-order valence-corrected chi connectivity index (χ3v) is 3.60. The number of amides is 1. The van der Waals surface area contributed by atoms with Crippen molar-refractivity contribution in [1.29, 1.82) is 0 Å². The van der Waals surface area contributed by atoms with Gasteiger partial charge in [0.25, 0.3) is 5.91 Å². The smallest absolute Gasteiger partial charge is 0.267 e. The molecule has 0 aromatic carbocycles. The second-order valence-electron chi connectivity index (χ2n) is 4.11. The summed E-state index contributed by atoms with van der Waals surface area (Å²) < 4.78 is 3.38. The molecule has 0 saturated carbocycles. The molecule has 102 valence electrons. The maximum absolute atomic E-state index is 11.9. The van der Waals surface area contributed by atoms with Gasteiger partial charge in [0.2, 0.25) is 0 Å². The van der Waals surface area contributed by atoms with Gasteiger partial charge in [0, 0.05) is 32.5 Å². The van der Waals surface area contributed by atoms with E-state index in [1.54, 1.807) is 23.9 Å². The molecule has 1 amide bonds. The Hall–Kier alpha value is -1.46. The molecule has 0 unspecified atom stereocenters. The van der Waals surface area contributed by atoms with Crippen LogP contribution < -0.4 is 5.32 Å². The van der Waals surface area contributed by atoms with Gasteiger partial charge in [0.05, 0.1) is 5.02 Å². The summed E-state index contributed by atoms with van der Waals surface area (Å²) in [6, 6.07) is 3.43. The van der Waals surface area contributed by atoms with Crippen molar-refractivity contribution in [3.05, 3.63) is 40.4 Å². The highest BCUT2D eigenvalue weighted by Crippen LogP contribution is 2.24. The maximum Gasteiger partial charge on any atom is 0.267 e. The molecule has 2 heterocycles. The normalized spacial score (nSPS) is 10.7. The molecule has 5 nitrogen and oxygen atoms in total. The number of nitrogens with one attached hydrogen (secondary N) is 1. The molecule has 0 aliphatic rings. The zero-order valence-electron chi connectivity index (χ0n) is 10.4. The van der Waals surface area contributed by atoms with E-state index in [4.69, 9.17) is 23.2 Å². The Morgan fingerprint density at radius 2 is 2.26 bits per heavy atom. The summed E-state index contributed by atoms with van der Waals surface area (Å²) in [7, 11) is 1.70. The summed E-state index contributed by atoms with van der Waals surface area (Å²) in [5.41, 5.74) is 0.453. The van der Waals surface area contributed by atoms with Gasteiger partial charge in [-0.05, 0) is 18.6 Å². The third-order valence-electron chi connectivity index (χ3n) is 2.76. The lowest BCUT2D eigenvalue weighted by atomic mass is 10.3. The van der Waals surface area contributed by atoms with E-state index < -0.39 is 0 Å². The number of aromatic nitrogens is 3. The fraction of sp³-hybridized carbons (Fsp3) is 0.333. The SMILES string of the molecule is Cn1c(C(=O)NCCCn2cccn2)cc(Cl)c1Cl. The lowest BCUT2D eigenvalue weighted by Crippen LogP contribution is -2.27. The minimum Gasteiger partial charge on any atom is -0.351 e. The maximum atomic E-state index is 11.9. The molecule has 0 aliphatic carbocycles. The molecular formula is C12H14Cl2N4O. The van der Waals surface area contributed by atoms with Gasteiger partial charge in [-0.2, -0.15) is 5.10 Å². The van der Waals surface area contributed by atoms with E-state index in [2.05, 4.69) is 10.4 Å². The number of carbonyl (C=O) groups is 1. The van der Waals surface area contributed by atoms with Crippen LogP contribution in [0.2, 0.25) is 10.2 Å². The van der Waals surface area contributed by atoms with Crippen molar-refractivity contribution in [3.8, 4) is 0 Å². The van der Waals surface area contributed by atoms with Gasteiger partial charge in [-0.3, -0.25) is 9.48 Å². The molecule has 2 aromatic rings. The molecule has 0 atom stereocenters. The molecule has 2 aromatic heterocycles. The van der Waals surface area contributed by atoms with Crippen molar-refractivity contribution < 1.29 is 4.79 Å². The van der Waals surface area contributed by atoms with Crippen molar-refractivity contribution in [1.82, 2.24) is 19.7 Å². The van der Waals surface area contributed by atoms with Gasteiger partial charge >= 0.3 is 0 Å². The van der Waals surface area contributed by atoms with Gasteiger partial charge in [-0.25, -0.2) is 0 Å². The van der Waals surface area contributed by atoms with Crippen LogP contribution in [0.1, 0.15) is 16.9 Å². The summed E-state index contributed by atoms with van der Waals surface area (Å²) in [4.78, 5) is 11.9. The Bertz CT molecular complexity index is 563. The first-order valence-corrected chi connectivity index (χ1v) is 6.61. The standard InChI is InChI=1S/C12H14Cl2N4O/c1-17-10(8-9(13)11(17)14)12(19)15-4-2-6-18-7-3-5-16-18/h3,5,7-8H,2,4,6H2,1H3,(H,15,19). The Morgan fingerprint density at radius 1 is 1.47 bits per heavy atom. The second-order valence-corrected chi connectivity index (χ2v) is 4.87. The van der Waals surface area contributed by atoms with E-state index in [0.717, 1.165) is 13.0 Å². The highest BCUT2D eigenvalue weighted by molar-refractivity contribution is 6.41. The molecule has 1 N–H and O–H groups in total. The molecule has 0 fully saturated rings. The molecule has 0 saturated heterocycles. The van der Waals surface area contributed by atoms with E-state index in [9.17, 15) is 4.79 Å². The Kier molecular flexibility index (Phi) is 4.50. The van der Waals surface area contributed by atoms with E-state index in [-0.39, 0.29) is 5.91 Å². The average Bonchev–Trinajstić information content (AvgIpc) is 2.99. The van der Waals surface area contributed by atoms with E-state index in [1.165, 1.54) is 0 Å². The van der Waals surface area contributed by atoms with Gasteiger partial charge in [0.1, 0.15) is 10.8 Å². The van der Waals surface area contributed by atoms with Crippen molar-refractivity contribution in [3.63, 3.8) is 0 Å². The van der Waals surface area contributed by atoms with Crippen LogP contribution in [0, 0.1) is 0 Å². The van der Waals surface area contributed by atoms with E-state index in [0.29, 0.717) is 22.4 Å². The van der Waals surface area contributed by atoms with Crippen molar-refractivity contribution in [2.45, 2.75) is 13.0 Å². The van der Waals surface area contributed by atoms with Crippen LogP contribution in [0.5, 0.6) is 0 Å². The molecule has 7 heteroatoms.